The van der Waals surface area contributed by atoms with E-state index in [0.717, 1.165) is 17.0 Å². The van der Waals surface area contributed by atoms with Crippen molar-refractivity contribution in [3.8, 4) is 11.8 Å². The van der Waals surface area contributed by atoms with Crippen LogP contribution in [0.3, 0.4) is 0 Å². The molecule has 0 saturated heterocycles. The third-order valence-corrected chi connectivity index (χ3v) is 3.73. The minimum absolute atomic E-state index is 0.401. The van der Waals surface area contributed by atoms with Crippen LogP contribution in [0.1, 0.15) is 11.6 Å². The number of para-hydroxylation sites is 2. The molecular formula is C16H16N2OS. The smallest absolute Gasteiger partial charge is 0.141 e. The number of benzene rings is 2. The van der Waals surface area contributed by atoms with Crippen molar-refractivity contribution in [2.75, 3.05) is 18.7 Å². The van der Waals surface area contributed by atoms with Crippen LogP contribution in [-0.4, -0.2) is 13.4 Å². The minimum Gasteiger partial charge on any atom is -0.495 e. The summed E-state index contributed by atoms with van der Waals surface area (Å²) in [6.07, 6.45) is 2.03. The molecule has 1 unspecified atom stereocenters. The van der Waals surface area contributed by atoms with Crippen molar-refractivity contribution in [3.63, 3.8) is 0 Å². The van der Waals surface area contributed by atoms with Gasteiger partial charge in [0.25, 0.3) is 0 Å². The lowest BCUT2D eigenvalue weighted by Gasteiger charge is -2.16. The molecular weight excluding hydrogens is 268 g/mol. The van der Waals surface area contributed by atoms with E-state index in [9.17, 15) is 5.26 Å². The molecule has 0 aliphatic rings. The maximum Gasteiger partial charge on any atom is 0.141 e. The third kappa shape index (κ3) is 3.25. The van der Waals surface area contributed by atoms with Gasteiger partial charge in [0.15, 0.2) is 0 Å². The van der Waals surface area contributed by atoms with Crippen LogP contribution in [0, 0.1) is 11.3 Å². The Hall–Kier alpha value is -2.12. The number of nitrogens with one attached hydrogen (secondary N) is 1. The number of nitrogens with zero attached hydrogens (tertiary/aromatic N) is 1. The Morgan fingerprint density at radius 1 is 1.15 bits per heavy atom. The van der Waals surface area contributed by atoms with Gasteiger partial charge >= 0.3 is 0 Å². The van der Waals surface area contributed by atoms with E-state index in [0.29, 0.717) is 0 Å². The molecule has 102 valence electrons. The lowest BCUT2D eigenvalue weighted by atomic mass is 10.1. The van der Waals surface area contributed by atoms with Crippen molar-refractivity contribution in [2.24, 2.45) is 0 Å². The monoisotopic (exact) mass is 284 g/mol. The topological polar surface area (TPSA) is 45.0 Å². The van der Waals surface area contributed by atoms with Crippen molar-refractivity contribution >= 4 is 17.4 Å². The largest absolute Gasteiger partial charge is 0.495 e. The molecule has 0 fully saturated rings. The fourth-order valence-corrected chi connectivity index (χ4v) is 2.31. The van der Waals surface area contributed by atoms with E-state index in [1.807, 2.05) is 54.8 Å². The van der Waals surface area contributed by atoms with Crippen LogP contribution in [0.4, 0.5) is 5.69 Å². The van der Waals surface area contributed by atoms with E-state index in [4.69, 9.17) is 4.74 Å². The Labute approximate surface area is 123 Å². The van der Waals surface area contributed by atoms with Gasteiger partial charge in [0, 0.05) is 4.90 Å². The van der Waals surface area contributed by atoms with E-state index in [1.165, 1.54) is 4.90 Å². The summed E-state index contributed by atoms with van der Waals surface area (Å²) in [6, 6.07) is 17.5. The highest BCUT2D eigenvalue weighted by Crippen LogP contribution is 2.28. The molecule has 0 radical (unpaired) electrons. The molecule has 0 amide bonds. The predicted octanol–water partition coefficient (Wildman–Crippen LogP) is 4.09. The van der Waals surface area contributed by atoms with Crippen LogP contribution in [0.25, 0.3) is 0 Å². The van der Waals surface area contributed by atoms with E-state index in [2.05, 4.69) is 11.4 Å². The maximum atomic E-state index is 9.37. The van der Waals surface area contributed by atoms with Gasteiger partial charge in [0.1, 0.15) is 11.8 Å². The van der Waals surface area contributed by atoms with E-state index in [1.54, 1.807) is 18.9 Å². The second kappa shape index (κ2) is 6.88. The first-order valence-electron chi connectivity index (χ1n) is 6.21. The van der Waals surface area contributed by atoms with E-state index >= 15 is 0 Å². The molecule has 2 aromatic carbocycles. The van der Waals surface area contributed by atoms with Gasteiger partial charge < -0.3 is 10.1 Å². The number of thioether (sulfide) groups is 1. The van der Waals surface area contributed by atoms with Crippen LogP contribution in [0.15, 0.2) is 53.4 Å². The van der Waals surface area contributed by atoms with Gasteiger partial charge in [-0.3, -0.25) is 0 Å². The lowest BCUT2D eigenvalue weighted by Crippen LogP contribution is -2.09. The van der Waals surface area contributed by atoms with Gasteiger partial charge in [0.05, 0.1) is 18.9 Å². The molecule has 3 nitrogen and oxygen atoms in total. The molecule has 0 saturated carbocycles. The number of hydrogen-bond donors (Lipinski definition) is 1. The van der Waals surface area contributed by atoms with Gasteiger partial charge in [0.2, 0.25) is 0 Å². The first-order valence-corrected chi connectivity index (χ1v) is 7.44. The Morgan fingerprint density at radius 2 is 1.85 bits per heavy atom. The number of nitriles is 1. The summed E-state index contributed by atoms with van der Waals surface area (Å²) in [6.45, 7) is 0. The summed E-state index contributed by atoms with van der Waals surface area (Å²) in [4.78, 5) is 1.18. The molecule has 0 aromatic heterocycles. The highest BCUT2D eigenvalue weighted by atomic mass is 32.2. The average molecular weight is 284 g/mol. The number of methoxy groups -OCH3 is 1. The fourth-order valence-electron chi connectivity index (χ4n) is 1.91. The molecule has 20 heavy (non-hydrogen) atoms. The molecule has 1 N–H and O–H groups in total. The zero-order chi connectivity index (χ0) is 14.4. The lowest BCUT2D eigenvalue weighted by molar-refractivity contribution is 0.416. The maximum absolute atomic E-state index is 9.37. The molecule has 4 heteroatoms. The Morgan fingerprint density at radius 3 is 2.45 bits per heavy atom. The predicted molar refractivity (Wildman–Crippen MR) is 83.2 cm³/mol. The summed E-state index contributed by atoms with van der Waals surface area (Å²) >= 11 is 1.68. The van der Waals surface area contributed by atoms with Crippen LogP contribution in [-0.2, 0) is 0 Å². The van der Waals surface area contributed by atoms with E-state index < -0.39 is 6.04 Å². The first kappa shape index (κ1) is 14.3. The summed E-state index contributed by atoms with van der Waals surface area (Å²) < 4.78 is 5.29. The van der Waals surface area contributed by atoms with Crippen LogP contribution < -0.4 is 10.1 Å². The number of anilines is 1. The SMILES string of the molecule is COc1ccccc1NC(C#N)c1ccc(SC)cc1. The minimum atomic E-state index is -0.401. The quantitative estimate of drug-likeness (QED) is 0.840. The highest BCUT2D eigenvalue weighted by molar-refractivity contribution is 7.98. The normalized spacial score (nSPS) is 11.4. The zero-order valence-electron chi connectivity index (χ0n) is 11.5. The second-order valence-corrected chi connectivity index (χ2v) is 5.06. The second-order valence-electron chi connectivity index (χ2n) is 4.18. The molecule has 0 spiro atoms. The number of ether oxygens (including phenoxy) is 1. The molecule has 1 atom stereocenters. The van der Waals surface area contributed by atoms with E-state index in [-0.39, 0.29) is 0 Å². The Kier molecular flexibility index (Phi) is 4.91. The molecule has 0 aliphatic heterocycles. The zero-order valence-corrected chi connectivity index (χ0v) is 12.3. The van der Waals surface area contributed by atoms with Crippen molar-refractivity contribution in [2.45, 2.75) is 10.9 Å². The molecule has 0 heterocycles. The summed E-state index contributed by atoms with van der Waals surface area (Å²) in [5.41, 5.74) is 1.76. The number of hydrogen-bond acceptors (Lipinski definition) is 4. The van der Waals surface area contributed by atoms with Gasteiger partial charge in [-0.1, -0.05) is 24.3 Å². The van der Waals surface area contributed by atoms with Gasteiger partial charge in [-0.25, -0.2) is 0 Å². The Balaban J connectivity index is 2.22. The first-order chi connectivity index (χ1) is 9.78. The summed E-state index contributed by atoms with van der Waals surface area (Å²) in [5, 5.41) is 12.6. The van der Waals surface area contributed by atoms with Crippen LogP contribution >= 0.6 is 11.8 Å². The Bertz CT molecular complexity index is 605. The number of rotatable bonds is 5. The molecule has 0 aliphatic carbocycles. The fraction of sp³-hybridized carbons (Fsp3) is 0.188. The van der Waals surface area contributed by atoms with Crippen LogP contribution in [0.5, 0.6) is 5.75 Å². The van der Waals surface area contributed by atoms with Crippen molar-refractivity contribution < 1.29 is 4.74 Å². The summed E-state index contributed by atoms with van der Waals surface area (Å²) in [7, 11) is 1.62. The molecule has 2 aromatic rings. The standard InChI is InChI=1S/C16H16N2OS/c1-19-16-6-4-3-5-14(16)18-15(11-17)12-7-9-13(20-2)10-8-12/h3-10,15,18H,1-2H3. The van der Waals surface area contributed by atoms with Gasteiger partial charge in [-0.05, 0) is 36.1 Å². The van der Waals surface area contributed by atoms with Crippen molar-refractivity contribution in [1.29, 1.82) is 5.26 Å². The third-order valence-electron chi connectivity index (χ3n) is 2.99. The molecule has 0 bridgehead atoms. The molecule has 2 rings (SSSR count). The highest BCUT2D eigenvalue weighted by Gasteiger charge is 2.12. The van der Waals surface area contributed by atoms with Crippen molar-refractivity contribution in [1.82, 2.24) is 0 Å². The van der Waals surface area contributed by atoms with Gasteiger partial charge in [-0.2, -0.15) is 5.26 Å². The summed E-state index contributed by atoms with van der Waals surface area (Å²) in [5.74, 6) is 0.730. The van der Waals surface area contributed by atoms with Crippen molar-refractivity contribution in [3.05, 3.63) is 54.1 Å². The average Bonchev–Trinajstić information content (AvgIpc) is 2.53. The van der Waals surface area contributed by atoms with Gasteiger partial charge in [-0.15, -0.1) is 11.8 Å². The van der Waals surface area contributed by atoms with Crippen LogP contribution in [0.2, 0.25) is 0 Å².